The molecule has 3 atom stereocenters. The molecule has 0 aliphatic heterocycles. The van der Waals surface area contributed by atoms with Crippen LogP contribution in [0.25, 0.3) is 22.4 Å². The van der Waals surface area contributed by atoms with Gasteiger partial charge in [-0.25, -0.2) is 13.9 Å². The monoisotopic (exact) mass is 454 g/mol. The number of para-hydroxylation sites is 2. The van der Waals surface area contributed by atoms with E-state index in [1.807, 2.05) is 12.1 Å². The number of halogens is 1. The van der Waals surface area contributed by atoms with Crippen LogP contribution in [-0.2, 0) is 23.1 Å². The first-order valence-electron chi connectivity index (χ1n) is 11.6. The fourth-order valence-electron chi connectivity index (χ4n) is 5.18. The van der Waals surface area contributed by atoms with Crippen LogP contribution in [0.5, 0.6) is 0 Å². The van der Waals surface area contributed by atoms with Gasteiger partial charge in [-0.05, 0) is 61.8 Å². The molecule has 1 aliphatic rings. The number of hydrogen-bond donors (Lipinski definition) is 0. The van der Waals surface area contributed by atoms with Gasteiger partial charge in [-0.2, -0.15) is 0 Å². The average molecular weight is 455 g/mol. The molecule has 5 heteroatoms. The van der Waals surface area contributed by atoms with E-state index in [-0.39, 0.29) is 31.0 Å². The Kier molecular flexibility index (Phi) is 7.66. The summed E-state index contributed by atoms with van der Waals surface area (Å²) < 4.78 is 10.4. The minimum absolute atomic E-state index is 0. The zero-order valence-corrected chi connectivity index (χ0v) is 20.6. The van der Waals surface area contributed by atoms with E-state index in [2.05, 4.69) is 80.3 Å². The van der Waals surface area contributed by atoms with E-state index in [0.29, 0.717) is 17.8 Å². The highest BCUT2D eigenvalue weighted by Crippen LogP contribution is 2.35. The molecule has 0 saturated heterocycles. The largest absolute Gasteiger partial charge is 1.00 e. The van der Waals surface area contributed by atoms with E-state index in [1.165, 1.54) is 12.0 Å². The van der Waals surface area contributed by atoms with Crippen molar-refractivity contribution in [1.82, 2.24) is 4.57 Å². The van der Waals surface area contributed by atoms with Gasteiger partial charge in [0.1, 0.15) is 6.10 Å². The van der Waals surface area contributed by atoms with E-state index >= 15 is 0 Å². The van der Waals surface area contributed by atoms with E-state index in [1.54, 1.807) is 0 Å². The molecule has 1 fully saturated rings. The molecule has 4 rings (SSSR count). The van der Waals surface area contributed by atoms with Crippen LogP contribution in [0.4, 0.5) is 0 Å². The van der Waals surface area contributed by atoms with Gasteiger partial charge >= 0.3 is 5.97 Å². The second kappa shape index (κ2) is 10.1. The first-order chi connectivity index (χ1) is 14.8. The highest BCUT2D eigenvalue weighted by atomic mass is 35.5. The smallest absolute Gasteiger partial charge is 0.348 e. The van der Waals surface area contributed by atoms with Crippen LogP contribution in [-0.4, -0.2) is 16.6 Å². The lowest BCUT2D eigenvalue weighted by Gasteiger charge is -2.36. The standard InChI is InChI=1S/C27H35N2O2.ClH/c1-18(2)22-15-12-20(4)16-25(22)31-26(30)17-29-24-9-7-6-8-23(24)28(5)27(29)21-13-10-19(3)11-14-21;/h6-11,13-14,18,20,22,25H,12,15-17H2,1-5H3;1H/q+1;/p-1. The molecule has 1 saturated carbocycles. The predicted octanol–water partition coefficient (Wildman–Crippen LogP) is 2.45. The molecule has 0 N–H and O–H groups in total. The summed E-state index contributed by atoms with van der Waals surface area (Å²) in [7, 11) is 2.07. The Bertz CT molecular complexity index is 1070. The van der Waals surface area contributed by atoms with Crippen molar-refractivity contribution in [3.8, 4) is 11.4 Å². The Labute approximate surface area is 198 Å². The van der Waals surface area contributed by atoms with Gasteiger partial charge < -0.3 is 17.1 Å². The van der Waals surface area contributed by atoms with Crippen LogP contribution >= 0.6 is 0 Å². The normalized spacial score (nSPS) is 20.9. The molecular formula is C27H35ClN2O2. The molecule has 172 valence electrons. The van der Waals surface area contributed by atoms with Gasteiger partial charge in [0.15, 0.2) is 17.6 Å². The van der Waals surface area contributed by atoms with Crippen LogP contribution in [0.1, 0.15) is 45.6 Å². The van der Waals surface area contributed by atoms with Gasteiger partial charge in [0, 0.05) is 0 Å². The molecule has 3 aromatic rings. The number of nitrogens with zero attached hydrogens (tertiary/aromatic N) is 2. The van der Waals surface area contributed by atoms with Crippen LogP contribution in [0, 0.1) is 24.7 Å². The lowest BCUT2D eigenvalue weighted by Crippen LogP contribution is -3.00. The Balaban J connectivity index is 0.00000289. The highest BCUT2D eigenvalue weighted by Gasteiger charge is 2.34. The van der Waals surface area contributed by atoms with Crippen molar-refractivity contribution >= 4 is 17.0 Å². The summed E-state index contributed by atoms with van der Waals surface area (Å²) in [4.78, 5) is 13.2. The van der Waals surface area contributed by atoms with Gasteiger partial charge in [-0.15, -0.1) is 0 Å². The van der Waals surface area contributed by atoms with Crippen molar-refractivity contribution in [3.05, 3.63) is 54.1 Å². The highest BCUT2D eigenvalue weighted by molar-refractivity contribution is 5.79. The molecular weight excluding hydrogens is 420 g/mol. The zero-order chi connectivity index (χ0) is 22.1. The number of aryl methyl sites for hydroxylation is 2. The zero-order valence-electron chi connectivity index (χ0n) is 19.8. The third kappa shape index (κ3) is 4.85. The Morgan fingerprint density at radius 2 is 1.81 bits per heavy atom. The minimum atomic E-state index is -0.139. The van der Waals surface area contributed by atoms with Crippen molar-refractivity contribution in [3.63, 3.8) is 0 Å². The van der Waals surface area contributed by atoms with Crippen LogP contribution in [0.2, 0.25) is 0 Å². The molecule has 0 amide bonds. The number of aromatic nitrogens is 2. The van der Waals surface area contributed by atoms with Gasteiger partial charge in [0.05, 0.1) is 12.6 Å². The summed E-state index contributed by atoms with van der Waals surface area (Å²) in [5.41, 5.74) is 4.48. The van der Waals surface area contributed by atoms with E-state index in [4.69, 9.17) is 4.74 Å². The molecule has 1 heterocycles. The third-order valence-corrected chi connectivity index (χ3v) is 6.95. The van der Waals surface area contributed by atoms with Gasteiger partial charge in [-0.1, -0.05) is 57.0 Å². The number of hydrogen-bond acceptors (Lipinski definition) is 2. The topological polar surface area (TPSA) is 35.1 Å². The van der Waals surface area contributed by atoms with Crippen molar-refractivity contribution in [2.45, 2.75) is 59.6 Å². The summed E-state index contributed by atoms with van der Waals surface area (Å²) in [6.45, 7) is 9.08. The Morgan fingerprint density at radius 1 is 1.12 bits per heavy atom. The maximum absolute atomic E-state index is 13.2. The molecule has 1 aliphatic carbocycles. The van der Waals surface area contributed by atoms with Gasteiger partial charge in [0.25, 0.3) is 5.82 Å². The number of carbonyl (C=O) groups excluding carboxylic acids is 1. The fourth-order valence-corrected chi connectivity index (χ4v) is 5.18. The lowest BCUT2D eigenvalue weighted by atomic mass is 9.75. The first-order valence-corrected chi connectivity index (χ1v) is 11.6. The number of carbonyl (C=O) groups is 1. The molecule has 32 heavy (non-hydrogen) atoms. The number of benzene rings is 2. The van der Waals surface area contributed by atoms with Crippen molar-refractivity contribution < 1.29 is 26.5 Å². The number of esters is 1. The fraction of sp³-hybridized carbons (Fsp3) is 0.481. The second-order valence-electron chi connectivity index (χ2n) is 9.68. The van der Waals surface area contributed by atoms with Crippen LogP contribution in [0.15, 0.2) is 48.5 Å². The molecule has 2 aromatic carbocycles. The van der Waals surface area contributed by atoms with Crippen molar-refractivity contribution in [1.29, 1.82) is 0 Å². The van der Waals surface area contributed by atoms with Gasteiger partial charge in [0.2, 0.25) is 0 Å². The molecule has 0 bridgehead atoms. The number of ether oxygens (including phenoxy) is 1. The molecule has 3 unspecified atom stereocenters. The molecule has 0 spiro atoms. The molecule has 1 aromatic heterocycles. The SMILES string of the molecule is Cc1ccc(-c2n(CC(=O)OC3CC(C)CCC3C(C)C)c3ccccc3[n+]2C)cc1.[Cl-]. The first kappa shape index (κ1) is 24.3. The van der Waals surface area contributed by atoms with Crippen LogP contribution in [0.3, 0.4) is 0 Å². The van der Waals surface area contributed by atoms with E-state index in [9.17, 15) is 4.79 Å². The predicted molar refractivity (Wildman–Crippen MR) is 125 cm³/mol. The Hall–Kier alpha value is -2.33. The number of imidazole rings is 1. The Morgan fingerprint density at radius 3 is 2.50 bits per heavy atom. The number of rotatable bonds is 5. The molecule has 0 radical (unpaired) electrons. The third-order valence-electron chi connectivity index (χ3n) is 6.95. The van der Waals surface area contributed by atoms with E-state index < -0.39 is 0 Å². The average Bonchev–Trinajstić information content (AvgIpc) is 3.00. The summed E-state index contributed by atoms with van der Waals surface area (Å²) in [5.74, 6) is 2.48. The second-order valence-corrected chi connectivity index (χ2v) is 9.68. The molecule has 4 nitrogen and oxygen atoms in total. The lowest BCUT2D eigenvalue weighted by molar-refractivity contribution is -0.634. The minimum Gasteiger partial charge on any atom is -1.00 e. The van der Waals surface area contributed by atoms with Crippen LogP contribution < -0.4 is 17.0 Å². The van der Waals surface area contributed by atoms with E-state index in [0.717, 1.165) is 35.3 Å². The maximum atomic E-state index is 13.2. The summed E-state index contributed by atoms with van der Waals surface area (Å²) in [6.07, 6.45) is 3.37. The van der Waals surface area contributed by atoms with Crippen molar-refractivity contribution in [2.24, 2.45) is 24.8 Å². The van der Waals surface area contributed by atoms with Crippen molar-refractivity contribution in [2.75, 3.05) is 0 Å². The maximum Gasteiger partial charge on any atom is 0.348 e. The summed E-state index contributed by atoms with van der Waals surface area (Å²) in [6, 6.07) is 16.7. The van der Waals surface area contributed by atoms with Gasteiger partial charge in [-0.3, -0.25) is 0 Å². The summed E-state index contributed by atoms with van der Waals surface area (Å²) >= 11 is 0. The quantitative estimate of drug-likeness (QED) is 0.438. The number of fused-ring (bicyclic) bond motifs is 1. The summed E-state index contributed by atoms with van der Waals surface area (Å²) in [5, 5.41) is 0.